The maximum absolute atomic E-state index is 6.38. The van der Waals surface area contributed by atoms with Crippen LogP contribution in [-0.4, -0.2) is 0 Å². The summed E-state index contributed by atoms with van der Waals surface area (Å²) in [7, 11) is 0. The van der Waals surface area contributed by atoms with Crippen molar-refractivity contribution >= 4 is 92.9 Å². The minimum atomic E-state index is 0.896. The summed E-state index contributed by atoms with van der Waals surface area (Å²) in [6, 6.07) is 77.2. The topological polar surface area (TPSA) is 16.4 Å². The molecule has 12 rings (SSSR count). The first-order valence-corrected chi connectivity index (χ1v) is 19.9. The van der Waals surface area contributed by atoms with Gasteiger partial charge in [-0.2, -0.15) is 0 Å². The van der Waals surface area contributed by atoms with E-state index >= 15 is 0 Å². The van der Waals surface area contributed by atoms with Crippen molar-refractivity contribution in [1.29, 1.82) is 0 Å². The number of rotatable bonds is 5. The van der Waals surface area contributed by atoms with Gasteiger partial charge in [-0.25, -0.2) is 0 Å². The summed E-state index contributed by atoms with van der Waals surface area (Å²) in [5, 5.41) is 14.6. The lowest BCUT2D eigenvalue weighted by Crippen LogP contribution is -2.11. The number of para-hydroxylation sites is 2. The number of anilines is 3. The molecule has 0 N–H and O–H groups in total. The zero-order valence-corrected chi connectivity index (χ0v) is 31.6. The van der Waals surface area contributed by atoms with E-state index in [1.807, 2.05) is 12.1 Å². The molecule has 0 aliphatic rings. The summed E-state index contributed by atoms with van der Waals surface area (Å²) in [4.78, 5) is 2.42. The van der Waals surface area contributed by atoms with Gasteiger partial charge in [-0.15, -0.1) is 0 Å². The molecule has 11 aromatic carbocycles. The van der Waals surface area contributed by atoms with Crippen LogP contribution in [0.1, 0.15) is 0 Å². The van der Waals surface area contributed by atoms with Crippen LogP contribution in [0, 0.1) is 0 Å². The van der Waals surface area contributed by atoms with Gasteiger partial charge in [0.05, 0.1) is 5.69 Å². The highest BCUT2D eigenvalue weighted by molar-refractivity contribution is 6.16. The maximum Gasteiger partial charge on any atom is 0.136 e. The molecule has 0 atom stereocenters. The molecule has 2 nitrogen and oxygen atoms in total. The van der Waals surface area contributed by atoms with Gasteiger partial charge < -0.3 is 9.32 Å². The van der Waals surface area contributed by atoms with Crippen LogP contribution in [0.3, 0.4) is 0 Å². The molecule has 12 aromatic rings. The Bertz CT molecular complexity index is 3580. The first-order chi connectivity index (χ1) is 28.7. The van der Waals surface area contributed by atoms with Crippen LogP contribution in [-0.2, 0) is 0 Å². The highest BCUT2D eigenvalue weighted by Gasteiger charge is 2.20. The van der Waals surface area contributed by atoms with E-state index in [0.717, 1.165) is 44.4 Å². The largest absolute Gasteiger partial charge is 0.456 e. The molecule has 0 bridgehead atoms. The average molecular weight is 738 g/mol. The molecule has 1 aromatic heterocycles. The molecule has 0 amide bonds. The van der Waals surface area contributed by atoms with Crippen molar-refractivity contribution in [3.8, 4) is 22.3 Å². The molecule has 1 heterocycles. The Morgan fingerprint density at radius 2 is 0.828 bits per heavy atom. The summed E-state index contributed by atoms with van der Waals surface area (Å²) >= 11 is 0. The second-order valence-corrected chi connectivity index (χ2v) is 15.3. The summed E-state index contributed by atoms with van der Waals surface area (Å²) in [5.41, 5.74) is 9.86. The van der Waals surface area contributed by atoms with Crippen LogP contribution >= 0.6 is 0 Å². The summed E-state index contributed by atoms with van der Waals surface area (Å²) in [6.45, 7) is 0. The standard InChI is InChI=1S/C56H35NO/c1-3-15-43-38(13-1)33-51(47-19-7-5-17-45(43)47)36-25-28-41(29-26-36)57(42-30-27-37-32-53-50-22-10-12-24-55(50)58-56(53)35-40(37)31-42)54-23-11-9-21-49(54)52-34-39-14-2-4-16-44(39)46-18-6-8-20-48(46)52/h1-35H. The molecule has 0 saturated heterocycles. The molecule has 0 aliphatic heterocycles. The van der Waals surface area contributed by atoms with Gasteiger partial charge >= 0.3 is 0 Å². The van der Waals surface area contributed by atoms with Crippen LogP contribution in [0.25, 0.3) is 98.1 Å². The Hall–Kier alpha value is -7.68. The highest BCUT2D eigenvalue weighted by atomic mass is 16.3. The highest BCUT2D eigenvalue weighted by Crippen LogP contribution is 2.46. The number of benzene rings is 11. The van der Waals surface area contributed by atoms with Crippen molar-refractivity contribution in [3.05, 3.63) is 212 Å². The van der Waals surface area contributed by atoms with Crippen molar-refractivity contribution in [3.63, 3.8) is 0 Å². The molecule has 58 heavy (non-hydrogen) atoms. The lowest BCUT2D eigenvalue weighted by Gasteiger charge is -2.29. The van der Waals surface area contributed by atoms with E-state index in [2.05, 4.69) is 205 Å². The fourth-order valence-electron chi connectivity index (χ4n) is 9.28. The lowest BCUT2D eigenvalue weighted by atomic mass is 9.91. The molecule has 0 aliphatic carbocycles. The Labute approximate surface area is 335 Å². The van der Waals surface area contributed by atoms with E-state index in [1.165, 1.54) is 70.7 Å². The minimum absolute atomic E-state index is 0.896. The van der Waals surface area contributed by atoms with E-state index in [0.29, 0.717) is 0 Å². The van der Waals surface area contributed by atoms with Crippen LogP contribution in [0.15, 0.2) is 217 Å². The van der Waals surface area contributed by atoms with E-state index in [-0.39, 0.29) is 0 Å². The molecular formula is C56H35NO. The number of nitrogens with zero attached hydrogens (tertiary/aromatic N) is 1. The predicted molar refractivity (Wildman–Crippen MR) is 247 cm³/mol. The van der Waals surface area contributed by atoms with Crippen LogP contribution in [0.5, 0.6) is 0 Å². The monoisotopic (exact) mass is 737 g/mol. The second-order valence-electron chi connectivity index (χ2n) is 15.3. The van der Waals surface area contributed by atoms with Crippen LogP contribution < -0.4 is 4.90 Å². The first-order valence-electron chi connectivity index (χ1n) is 19.9. The van der Waals surface area contributed by atoms with Gasteiger partial charge in [-0.05, 0) is 131 Å². The Morgan fingerprint density at radius 1 is 0.276 bits per heavy atom. The van der Waals surface area contributed by atoms with Gasteiger partial charge in [0.25, 0.3) is 0 Å². The zero-order valence-electron chi connectivity index (χ0n) is 31.6. The fraction of sp³-hybridized carbons (Fsp3) is 0. The number of hydrogen-bond donors (Lipinski definition) is 0. The van der Waals surface area contributed by atoms with Gasteiger partial charge in [0.2, 0.25) is 0 Å². The molecule has 2 heteroatoms. The summed E-state index contributed by atoms with van der Waals surface area (Å²) in [6.07, 6.45) is 0. The smallest absolute Gasteiger partial charge is 0.136 e. The van der Waals surface area contributed by atoms with Gasteiger partial charge in [0.1, 0.15) is 11.2 Å². The van der Waals surface area contributed by atoms with E-state index in [1.54, 1.807) is 0 Å². The number of fused-ring (bicyclic) bond motifs is 10. The van der Waals surface area contributed by atoms with E-state index in [4.69, 9.17) is 4.42 Å². The molecule has 0 radical (unpaired) electrons. The summed E-state index contributed by atoms with van der Waals surface area (Å²) in [5.74, 6) is 0. The third-order valence-electron chi connectivity index (χ3n) is 12.0. The second kappa shape index (κ2) is 12.9. The van der Waals surface area contributed by atoms with Crippen molar-refractivity contribution in [2.24, 2.45) is 0 Å². The molecule has 0 saturated carbocycles. The third-order valence-corrected chi connectivity index (χ3v) is 12.0. The normalized spacial score (nSPS) is 11.8. The zero-order chi connectivity index (χ0) is 38.2. The number of furan rings is 1. The third kappa shape index (κ3) is 5.12. The van der Waals surface area contributed by atoms with Crippen molar-refractivity contribution < 1.29 is 4.42 Å². The minimum Gasteiger partial charge on any atom is -0.456 e. The molecule has 270 valence electrons. The Balaban J connectivity index is 1.08. The van der Waals surface area contributed by atoms with Gasteiger partial charge in [-0.1, -0.05) is 152 Å². The van der Waals surface area contributed by atoms with Crippen LogP contribution in [0.4, 0.5) is 17.1 Å². The van der Waals surface area contributed by atoms with Gasteiger partial charge in [0, 0.05) is 27.7 Å². The van der Waals surface area contributed by atoms with Crippen molar-refractivity contribution in [2.45, 2.75) is 0 Å². The van der Waals surface area contributed by atoms with Crippen molar-refractivity contribution in [2.75, 3.05) is 4.90 Å². The fourth-order valence-corrected chi connectivity index (χ4v) is 9.28. The number of hydrogen-bond acceptors (Lipinski definition) is 2. The van der Waals surface area contributed by atoms with Crippen LogP contribution in [0.2, 0.25) is 0 Å². The first kappa shape index (κ1) is 32.6. The molecular weight excluding hydrogens is 703 g/mol. The SMILES string of the molecule is c1ccc(N(c2ccc(-c3cc4ccccc4c4ccccc34)cc2)c2ccc3cc4c(cc3c2)oc2ccccc24)c(-c2cc3ccccc3c3ccccc23)c1. The quantitative estimate of drug-likeness (QED) is 0.164. The Kier molecular flexibility index (Phi) is 7.26. The van der Waals surface area contributed by atoms with Gasteiger partial charge in [0.15, 0.2) is 0 Å². The van der Waals surface area contributed by atoms with Gasteiger partial charge in [-0.3, -0.25) is 0 Å². The maximum atomic E-state index is 6.38. The Morgan fingerprint density at radius 3 is 1.55 bits per heavy atom. The molecule has 0 fully saturated rings. The van der Waals surface area contributed by atoms with E-state index in [9.17, 15) is 0 Å². The lowest BCUT2D eigenvalue weighted by molar-refractivity contribution is 0.669. The summed E-state index contributed by atoms with van der Waals surface area (Å²) < 4.78 is 6.38. The average Bonchev–Trinajstić information content (AvgIpc) is 3.65. The van der Waals surface area contributed by atoms with E-state index < -0.39 is 0 Å². The predicted octanol–water partition coefficient (Wildman–Crippen LogP) is 16.2. The molecule has 0 spiro atoms. The molecule has 0 unspecified atom stereocenters. The van der Waals surface area contributed by atoms with Crippen molar-refractivity contribution in [1.82, 2.24) is 0 Å².